The normalized spacial score (nSPS) is 17.7. The third-order valence-corrected chi connectivity index (χ3v) is 6.13. The van der Waals surface area contributed by atoms with E-state index in [-0.39, 0.29) is 0 Å². The molecule has 0 N–H and O–H groups in total. The second kappa shape index (κ2) is 8.94. The average Bonchev–Trinajstić information content (AvgIpc) is 2.76. The molecule has 1 aliphatic rings. The van der Waals surface area contributed by atoms with Gasteiger partial charge in [-0.3, -0.25) is 0 Å². The fraction of sp³-hybridized carbons (Fsp3) is 0.500. The molecule has 0 radical (unpaired) electrons. The maximum Gasteiger partial charge on any atom is 0.203 e. The zero-order valence-electron chi connectivity index (χ0n) is 19.2. The SMILES string of the molecule is COc1cc2c(c(OC)c1OC)-c1c(cc(OC)c(OC)c1OC)C[C@H](C)[C@H](C)C2. The van der Waals surface area contributed by atoms with E-state index in [1.165, 1.54) is 0 Å². The number of benzene rings is 2. The lowest BCUT2D eigenvalue weighted by Gasteiger charge is -2.30. The van der Waals surface area contributed by atoms with E-state index in [1.807, 2.05) is 12.1 Å². The van der Waals surface area contributed by atoms with E-state index in [4.69, 9.17) is 28.4 Å². The number of hydrogen-bond acceptors (Lipinski definition) is 6. The first-order valence-corrected chi connectivity index (χ1v) is 10.1. The van der Waals surface area contributed by atoms with Gasteiger partial charge in [0.2, 0.25) is 11.5 Å². The molecule has 3 rings (SSSR count). The van der Waals surface area contributed by atoms with Gasteiger partial charge in [-0.15, -0.1) is 0 Å². The van der Waals surface area contributed by atoms with Gasteiger partial charge >= 0.3 is 0 Å². The standard InChI is InChI=1S/C24H32O6/c1-13-9-15-11-17(25-3)21(27-5)23(29-7)19(15)20-16(10-14(13)2)12-18(26-4)22(28-6)24(20)30-8/h11-14H,9-10H2,1-8H3/t13-,14+. The van der Waals surface area contributed by atoms with Gasteiger partial charge in [0, 0.05) is 11.1 Å². The van der Waals surface area contributed by atoms with Crippen LogP contribution in [0.2, 0.25) is 0 Å². The van der Waals surface area contributed by atoms with Crippen LogP contribution in [0.25, 0.3) is 11.1 Å². The summed E-state index contributed by atoms with van der Waals surface area (Å²) < 4.78 is 34.4. The van der Waals surface area contributed by atoms with Crippen molar-refractivity contribution in [1.29, 1.82) is 0 Å². The largest absolute Gasteiger partial charge is 0.493 e. The second-order valence-electron chi connectivity index (χ2n) is 7.72. The highest BCUT2D eigenvalue weighted by atomic mass is 16.5. The molecule has 0 saturated heterocycles. The van der Waals surface area contributed by atoms with Crippen LogP contribution in [0.1, 0.15) is 25.0 Å². The first-order valence-electron chi connectivity index (χ1n) is 10.1. The highest BCUT2D eigenvalue weighted by Crippen LogP contribution is 2.55. The molecule has 0 bridgehead atoms. The molecular weight excluding hydrogens is 384 g/mol. The molecule has 0 aromatic heterocycles. The van der Waals surface area contributed by atoms with Crippen LogP contribution in [0, 0.1) is 11.8 Å². The summed E-state index contributed by atoms with van der Waals surface area (Å²) in [4.78, 5) is 0. The van der Waals surface area contributed by atoms with E-state index in [9.17, 15) is 0 Å². The van der Waals surface area contributed by atoms with Crippen molar-refractivity contribution in [1.82, 2.24) is 0 Å². The minimum atomic E-state index is 0.457. The molecule has 0 heterocycles. The topological polar surface area (TPSA) is 55.4 Å². The molecule has 2 aromatic carbocycles. The fourth-order valence-corrected chi connectivity index (χ4v) is 4.38. The molecule has 0 spiro atoms. The Bertz CT molecular complexity index is 845. The zero-order chi connectivity index (χ0) is 22.0. The van der Waals surface area contributed by atoms with Crippen LogP contribution < -0.4 is 28.4 Å². The summed E-state index contributed by atoms with van der Waals surface area (Å²) in [6.45, 7) is 4.56. The van der Waals surface area contributed by atoms with Gasteiger partial charge in [0.05, 0.1) is 42.7 Å². The Kier molecular flexibility index (Phi) is 6.54. The predicted octanol–water partition coefficient (Wildman–Crippen LogP) is 4.78. The van der Waals surface area contributed by atoms with Gasteiger partial charge in [0.1, 0.15) is 0 Å². The van der Waals surface area contributed by atoms with Crippen molar-refractivity contribution in [3.8, 4) is 45.6 Å². The molecule has 0 unspecified atom stereocenters. The van der Waals surface area contributed by atoms with Crippen molar-refractivity contribution < 1.29 is 28.4 Å². The Labute approximate surface area is 179 Å². The molecule has 164 valence electrons. The number of ether oxygens (including phenoxy) is 6. The molecule has 2 aromatic rings. The molecule has 6 nitrogen and oxygen atoms in total. The minimum absolute atomic E-state index is 0.457. The van der Waals surface area contributed by atoms with Crippen molar-refractivity contribution in [2.24, 2.45) is 11.8 Å². The lowest BCUT2D eigenvalue weighted by molar-refractivity contribution is 0.318. The van der Waals surface area contributed by atoms with E-state index in [1.54, 1.807) is 42.7 Å². The highest BCUT2D eigenvalue weighted by molar-refractivity contribution is 5.88. The fourth-order valence-electron chi connectivity index (χ4n) is 4.38. The van der Waals surface area contributed by atoms with Gasteiger partial charge in [-0.1, -0.05) is 13.8 Å². The van der Waals surface area contributed by atoms with Crippen LogP contribution in [0.15, 0.2) is 12.1 Å². The van der Waals surface area contributed by atoms with Crippen LogP contribution in [-0.4, -0.2) is 42.7 Å². The Hall–Kier alpha value is -2.76. The third kappa shape index (κ3) is 3.48. The lowest BCUT2D eigenvalue weighted by Crippen LogP contribution is -2.18. The van der Waals surface area contributed by atoms with Gasteiger partial charge in [-0.05, 0) is 47.9 Å². The first-order chi connectivity index (χ1) is 14.4. The summed E-state index contributed by atoms with van der Waals surface area (Å²) in [6, 6.07) is 4.09. The molecule has 0 saturated carbocycles. The van der Waals surface area contributed by atoms with Crippen molar-refractivity contribution in [3.05, 3.63) is 23.3 Å². The van der Waals surface area contributed by atoms with Crippen LogP contribution in [0.3, 0.4) is 0 Å². The van der Waals surface area contributed by atoms with Crippen molar-refractivity contribution in [2.75, 3.05) is 42.7 Å². The molecule has 30 heavy (non-hydrogen) atoms. The molecule has 0 amide bonds. The van der Waals surface area contributed by atoms with Gasteiger partial charge in [0.15, 0.2) is 23.0 Å². The number of rotatable bonds is 6. The van der Waals surface area contributed by atoms with Crippen LogP contribution >= 0.6 is 0 Å². The molecule has 1 aliphatic carbocycles. The summed E-state index contributed by atoms with van der Waals surface area (Å²) >= 11 is 0. The maximum absolute atomic E-state index is 5.89. The van der Waals surface area contributed by atoms with Crippen LogP contribution in [0.5, 0.6) is 34.5 Å². The molecule has 0 aliphatic heterocycles. The smallest absolute Gasteiger partial charge is 0.203 e. The van der Waals surface area contributed by atoms with E-state index >= 15 is 0 Å². The second-order valence-corrected chi connectivity index (χ2v) is 7.72. The van der Waals surface area contributed by atoms with Gasteiger partial charge in [0.25, 0.3) is 0 Å². The number of hydrogen-bond donors (Lipinski definition) is 0. The van der Waals surface area contributed by atoms with E-state index in [0.717, 1.165) is 35.1 Å². The molecule has 2 atom stereocenters. The van der Waals surface area contributed by atoms with Crippen molar-refractivity contribution in [2.45, 2.75) is 26.7 Å². The monoisotopic (exact) mass is 416 g/mol. The Balaban J connectivity index is 2.51. The summed E-state index contributed by atoms with van der Waals surface area (Å²) in [5.41, 5.74) is 4.13. The van der Waals surface area contributed by atoms with Gasteiger partial charge in [-0.25, -0.2) is 0 Å². The quantitative estimate of drug-likeness (QED) is 0.676. The van der Waals surface area contributed by atoms with Crippen molar-refractivity contribution >= 4 is 0 Å². The Morgan fingerprint density at radius 1 is 0.533 bits per heavy atom. The molecule has 6 heteroatoms. The summed E-state index contributed by atoms with van der Waals surface area (Å²) in [5, 5.41) is 0. The summed E-state index contributed by atoms with van der Waals surface area (Å²) in [5.74, 6) is 4.58. The zero-order valence-corrected chi connectivity index (χ0v) is 19.2. The Morgan fingerprint density at radius 3 is 1.13 bits per heavy atom. The molecular formula is C24H32O6. The predicted molar refractivity (Wildman–Crippen MR) is 117 cm³/mol. The maximum atomic E-state index is 5.89. The third-order valence-electron chi connectivity index (χ3n) is 6.13. The van der Waals surface area contributed by atoms with Crippen LogP contribution in [-0.2, 0) is 12.8 Å². The van der Waals surface area contributed by atoms with E-state index in [0.29, 0.717) is 46.3 Å². The lowest BCUT2D eigenvalue weighted by atomic mass is 9.77. The summed E-state index contributed by atoms with van der Waals surface area (Å²) in [7, 11) is 9.81. The summed E-state index contributed by atoms with van der Waals surface area (Å²) in [6.07, 6.45) is 1.76. The van der Waals surface area contributed by atoms with Gasteiger partial charge < -0.3 is 28.4 Å². The Morgan fingerprint density at radius 2 is 0.867 bits per heavy atom. The number of methoxy groups -OCH3 is 6. The highest BCUT2D eigenvalue weighted by Gasteiger charge is 2.32. The van der Waals surface area contributed by atoms with Crippen molar-refractivity contribution in [3.63, 3.8) is 0 Å². The van der Waals surface area contributed by atoms with Gasteiger partial charge in [-0.2, -0.15) is 0 Å². The van der Waals surface area contributed by atoms with E-state index < -0.39 is 0 Å². The first kappa shape index (κ1) is 21.9. The molecule has 0 fully saturated rings. The average molecular weight is 417 g/mol. The van der Waals surface area contributed by atoms with E-state index in [2.05, 4.69) is 13.8 Å². The minimum Gasteiger partial charge on any atom is -0.493 e. The van der Waals surface area contributed by atoms with Crippen LogP contribution in [0.4, 0.5) is 0 Å². The number of fused-ring (bicyclic) bond motifs is 3.